The maximum Gasteiger partial charge on any atom is 0.146 e. The Bertz CT molecular complexity index is 47.7. The molecule has 0 aromatic rings. The fourth-order valence-electron chi connectivity index (χ4n) is 0.0945. The molecule has 0 aromatic carbocycles. The maximum absolute atomic E-state index is 11.5. The van der Waals surface area contributed by atoms with E-state index < -0.39 is 11.0 Å². The zero-order valence-corrected chi connectivity index (χ0v) is 5.56. The molecule has 0 aliphatic carbocycles. The van der Waals surface area contributed by atoms with Gasteiger partial charge < -0.3 is 0 Å². The Balaban J connectivity index is 3.36. The molecule has 0 nitrogen and oxygen atoms in total. The van der Waals surface area contributed by atoms with E-state index in [9.17, 15) is 4.39 Å². The van der Waals surface area contributed by atoms with E-state index >= 15 is 0 Å². The first-order chi connectivity index (χ1) is 3.12. The van der Waals surface area contributed by atoms with Crippen molar-refractivity contribution in [1.82, 2.24) is 0 Å². The average Bonchev–Trinajstić information content (AvgIpc) is 1.68. The molecule has 0 aliphatic heterocycles. The van der Waals surface area contributed by atoms with E-state index in [2.05, 4.69) is 0 Å². The third-order valence-electron chi connectivity index (χ3n) is 0.713. The number of alkyl halides is 3. The van der Waals surface area contributed by atoms with Crippen LogP contribution in [0.4, 0.5) is 4.39 Å². The van der Waals surface area contributed by atoms with Gasteiger partial charge >= 0.3 is 0 Å². The number of rotatable bonds is 2. The zero-order valence-electron chi connectivity index (χ0n) is 4.05. The lowest BCUT2D eigenvalue weighted by Gasteiger charge is -2.09. The Labute approximate surface area is 52.6 Å². The molecule has 0 heterocycles. The van der Waals surface area contributed by atoms with Crippen LogP contribution in [0.1, 0.15) is 13.3 Å². The third kappa shape index (κ3) is 3.12. The monoisotopic (exact) mass is 144 g/mol. The summed E-state index contributed by atoms with van der Waals surface area (Å²) in [6.45, 7) is 1.06. The van der Waals surface area contributed by atoms with E-state index in [0.29, 0.717) is 6.42 Å². The molecule has 0 aromatic heterocycles. The van der Waals surface area contributed by atoms with Crippen molar-refractivity contribution in [3.63, 3.8) is 0 Å². The second-order valence-electron chi connectivity index (χ2n) is 1.34. The van der Waals surface area contributed by atoms with Gasteiger partial charge in [0.25, 0.3) is 0 Å². The molecule has 0 saturated heterocycles. The number of hydrogen-bond donors (Lipinski definition) is 0. The highest BCUT2D eigenvalue weighted by Gasteiger charge is 2.19. The highest BCUT2D eigenvalue weighted by molar-refractivity contribution is 6.48. The first kappa shape index (κ1) is 7.51. The van der Waals surface area contributed by atoms with Gasteiger partial charge in [-0.25, -0.2) is 4.39 Å². The van der Waals surface area contributed by atoms with Crippen LogP contribution < -0.4 is 0 Å². The van der Waals surface area contributed by atoms with E-state index in [1.165, 1.54) is 0 Å². The van der Waals surface area contributed by atoms with E-state index in [1.807, 2.05) is 0 Å². The van der Waals surface area contributed by atoms with Crippen molar-refractivity contribution in [3.8, 4) is 0 Å². The molecule has 0 saturated carbocycles. The van der Waals surface area contributed by atoms with Gasteiger partial charge in [0, 0.05) is 0 Å². The Hall–Kier alpha value is 0.510. The summed E-state index contributed by atoms with van der Waals surface area (Å²) in [5, 5.41) is 0. The lowest BCUT2D eigenvalue weighted by Crippen LogP contribution is -2.12. The van der Waals surface area contributed by atoms with Crippen LogP contribution in [-0.4, -0.2) is 11.0 Å². The minimum Gasteiger partial charge on any atom is -0.248 e. The SMILES string of the molecule is CCC(Cl)(Cl)CF. The fraction of sp³-hybridized carbons (Fsp3) is 1.00. The summed E-state index contributed by atoms with van der Waals surface area (Å²) in [5.41, 5.74) is 0. The Morgan fingerprint density at radius 1 is 1.57 bits per heavy atom. The molecule has 3 heteroatoms. The minimum absolute atomic E-state index is 0.451. The Morgan fingerprint density at radius 2 is 2.00 bits per heavy atom. The van der Waals surface area contributed by atoms with Crippen molar-refractivity contribution in [1.29, 1.82) is 0 Å². The highest BCUT2D eigenvalue weighted by atomic mass is 35.5. The van der Waals surface area contributed by atoms with Crippen LogP contribution in [0.15, 0.2) is 0 Å². The summed E-state index contributed by atoms with van der Waals surface area (Å²) in [6, 6.07) is 0. The molecule has 0 rings (SSSR count). The van der Waals surface area contributed by atoms with Gasteiger partial charge in [0.2, 0.25) is 0 Å². The van der Waals surface area contributed by atoms with Gasteiger partial charge in [0.15, 0.2) is 0 Å². The van der Waals surface area contributed by atoms with E-state index in [1.54, 1.807) is 6.92 Å². The largest absolute Gasteiger partial charge is 0.248 e. The molecular weight excluding hydrogens is 138 g/mol. The van der Waals surface area contributed by atoms with Gasteiger partial charge in [-0.1, -0.05) is 30.1 Å². The molecule has 0 amide bonds. The molecule has 7 heavy (non-hydrogen) atoms. The van der Waals surface area contributed by atoms with Crippen LogP contribution >= 0.6 is 23.2 Å². The molecule has 0 fully saturated rings. The number of hydrogen-bond acceptors (Lipinski definition) is 0. The Morgan fingerprint density at radius 3 is 2.00 bits per heavy atom. The van der Waals surface area contributed by atoms with Crippen molar-refractivity contribution in [2.45, 2.75) is 17.7 Å². The van der Waals surface area contributed by atoms with E-state index in [4.69, 9.17) is 23.2 Å². The standard InChI is InChI=1S/C4H7Cl2F/c1-2-4(5,6)3-7/h2-3H2,1H3. The molecule has 44 valence electrons. The molecule has 0 radical (unpaired) electrons. The molecule has 0 atom stereocenters. The van der Waals surface area contributed by atoms with Gasteiger partial charge in [-0.2, -0.15) is 0 Å². The highest BCUT2D eigenvalue weighted by Crippen LogP contribution is 2.24. The molecule has 0 unspecified atom stereocenters. The van der Waals surface area contributed by atoms with Crippen LogP contribution in [0.3, 0.4) is 0 Å². The second-order valence-corrected chi connectivity index (χ2v) is 2.98. The van der Waals surface area contributed by atoms with Crippen LogP contribution in [0.2, 0.25) is 0 Å². The Kier molecular flexibility index (Phi) is 2.93. The predicted octanol–water partition coefficient (Wildman–Crippen LogP) is 2.54. The predicted molar refractivity (Wildman–Crippen MR) is 30.7 cm³/mol. The minimum atomic E-state index is -1.14. The van der Waals surface area contributed by atoms with Crippen molar-refractivity contribution < 1.29 is 4.39 Å². The lowest BCUT2D eigenvalue weighted by atomic mass is 10.3. The second kappa shape index (κ2) is 2.73. The van der Waals surface area contributed by atoms with Gasteiger partial charge in [0.05, 0.1) is 0 Å². The van der Waals surface area contributed by atoms with E-state index in [-0.39, 0.29) is 0 Å². The van der Waals surface area contributed by atoms with Gasteiger partial charge in [-0.05, 0) is 6.42 Å². The molecule has 0 spiro atoms. The smallest absolute Gasteiger partial charge is 0.146 e. The van der Waals surface area contributed by atoms with Crippen LogP contribution in [-0.2, 0) is 0 Å². The van der Waals surface area contributed by atoms with Crippen LogP contribution in [0, 0.1) is 0 Å². The maximum atomic E-state index is 11.5. The summed E-state index contributed by atoms with van der Waals surface area (Å²) in [5.74, 6) is 0. The third-order valence-corrected chi connectivity index (χ3v) is 1.45. The summed E-state index contributed by atoms with van der Waals surface area (Å²) >= 11 is 10.6. The summed E-state index contributed by atoms with van der Waals surface area (Å²) < 4.78 is 10.4. The summed E-state index contributed by atoms with van der Waals surface area (Å²) in [4.78, 5) is 0. The quantitative estimate of drug-likeness (QED) is 0.523. The topological polar surface area (TPSA) is 0 Å². The van der Waals surface area contributed by atoms with Crippen LogP contribution in [0.5, 0.6) is 0 Å². The molecule has 0 N–H and O–H groups in total. The molecule has 0 aliphatic rings. The van der Waals surface area contributed by atoms with Crippen molar-refractivity contribution >= 4 is 23.2 Å². The molecular formula is C4H7Cl2F. The summed E-state index contributed by atoms with van der Waals surface area (Å²) in [7, 11) is 0. The normalized spacial score (nSPS) is 12.0. The van der Waals surface area contributed by atoms with Crippen molar-refractivity contribution in [2.75, 3.05) is 6.67 Å². The van der Waals surface area contributed by atoms with Crippen LogP contribution in [0.25, 0.3) is 0 Å². The van der Waals surface area contributed by atoms with Gasteiger partial charge in [-0.15, -0.1) is 0 Å². The summed E-state index contributed by atoms with van der Waals surface area (Å²) in [6.07, 6.45) is 0.451. The van der Waals surface area contributed by atoms with Gasteiger partial charge in [0.1, 0.15) is 11.0 Å². The fourth-order valence-corrected chi connectivity index (χ4v) is 0.0945. The number of halogens is 3. The zero-order chi connectivity index (χ0) is 5.91. The lowest BCUT2D eigenvalue weighted by molar-refractivity contribution is 0.450. The van der Waals surface area contributed by atoms with Crippen molar-refractivity contribution in [2.24, 2.45) is 0 Å². The van der Waals surface area contributed by atoms with Gasteiger partial charge in [-0.3, -0.25) is 0 Å². The molecule has 0 bridgehead atoms. The van der Waals surface area contributed by atoms with E-state index in [0.717, 1.165) is 0 Å². The first-order valence-electron chi connectivity index (χ1n) is 2.06. The first-order valence-corrected chi connectivity index (χ1v) is 2.82. The average molecular weight is 145 g/mol. The van der Waals surface area contributed by atoms with Crippen molar-refractivity contribution in [3.05, 3.63) is 0 Å².